The Morgan fingerprint density at radius 1 is 0.652 bits per heavy atom. The second-order valence-electron chi connectivity index (χ2n) is 10.0. The van der Waals surface area contributed by atoms with E-state index in [1.165, 1.54) is 0 Å². The van der Waals surface area contributed by atoms with Gasteiger partial charge in [0.15, 0.2) is 0 Å². The Labute approximate surface area is 147 Å². The van der Waals surface area contributed by atoms with Gasteiger partial charge in [0.05, 0.1) is 0 Å². The predicted octanol–water partition coefficient (Wildman–Crippen LogP) is 6.96. The summed E-state index contributed by atoms with van der Waals surface area (Å²) in [5, 5.41) is 0. The highest BCUT2D eigenvalue weighted by Gasteiger charge is 2.31. The lowest BCUT2D eigenvalue weighted by Gasteiger charge is -2.29. The molecule has 0 aliphatic carbocycles. The van der Waals surface area contributed by atoms with Crippen molar-refractivity contribution in [1.82, 2.24) is 0 Å². The maximum atomic E-state index is 11.5. The lowest BCUT2D eigenvalue weighted by atomic mass is 9.74. The summed E-state index contributed by atoms with van der Waals surface area (Å²) in [5.74, 6) is 0.604. The monoisotopic (exact) mass is 330 g/mol. The van der Waals surface area contributed by atoms with Crippen molar-refractivity contribution in [3.05, 3.63) is 0 Å². The van der Waals surface area contributed by atoms with Gasteiger partial charge in [0.25, 0.3) is 0 Å². The second-order valence-corrected chi connectivity index (χ2v) is 10.0. The smallest absolute Gasteiger partial charge is 0.143 e. The van der Waals surface area contributed by atoms with E-state index >= 15 is 0 Å². The van der Waals surface area contributed by atoms with Crippen LogP contribution >= 0.6 is 0 Å². The first-order chi connectivity index (χ1) is 8.81. The number of carbonyl (C=O) groups is 2. The van der Waals surface area contributed by atoms with E-state index in [2.05, 4.69) is 20.8 Å². The molecule has 0 rings (SSSR count). The summed E-state index contributed by atoms with van der Waals surface area (Å²) in [6.45, 7) is 23.9. The van der Waals surface area contributed by atoms with Crippen LogP contribution in [0.25, 0.3) is 0 Å². The van der Waals surface area contributed by atoms with Gasteiger partial charge < -0.3 is 0 Å². The second kappa shape index (κ2) is 9.59. The molecule has 0 atom stereocenters. The van der Waals surface area contributed by atoms with Crippen LogP contribution in [0.2, 0.25) is 0 Å². The van der Waals surface area contributed by atoms with Gasteiger partial charge in [0.1, 0.15) is 11.6 Å². The molecule has 0 aromatic heterocycles. The van der Waals surface area contributed by atoms with E-state index in [1.807, 2.05) is 55.4 Å². The van der Waals surface area contributed by atoms with Crippen LogP contribution in [0.1, 0.15) is 104 Å². The number of carbonyl (C=O) groups excluding carboxylic acids is 2. The van der Waals surface area contributed by atoms with E-state index in [9.17, 15) is 9.59 Å². The van der Waals surface area contributed by atoms with Gasteiger partial charge in [0.2, 0.25) is 0 Å². The SMILES string of the molecule is C.C.CC(=O)C(C)(C)CC(C)(C)C.CC(C)(C)C(=O)C(C)(C)C. The first kappa shape index (κ1) is 30.2. The number of hydrogen-bond donors (Lipinski definition) is 0. The normalized spacial score (nSPS) is 12.2. The van der Waals surface area contributed by atoms with Gasteiger partial charge in [-0.05, 0) is 18.8 Å². The van der Waals surface area contributed by atoms with Gasteiger partial charge in [-0.15, -0.1) is 0 Å². The molecule has 2 heteroatoms. The molecular formula is C21H46O2. The summed E-state index contributed by atoms with van der Waals surface area (Å²) in [6, 6.07) is 0. The van der Waals surface area contributed by atoms with Gasteiger partial charge in [-0.3, -0.25) is 9.59 Å². The molecule has 0 bridgehead atoms. The van der Waals surface area contributed by atoms with Crippen LogP contribution in [-0.4, -0.2) is 11.6 Å². The highest BCUT2D eigenvalue weighted by atomic mass is 16.1. The van der Waals surface area contributed by atoms with Crippen LogP contribution in [0.4, 0.5) is 0 Å². The Kier molecular flexibility index (Phi) is 12.6. The van der Waals surface area contributed by atoms with E-state index in [0.717, 1.165) is 6.42 Å². The molecule has 0 aromatic rings. The third-order valence-electron chi connectivity index (χ3n) is 3.29. The molecule has 0 saturated heterocycles. The van der Waals surface area contributed by atoms with Crippen molar-refractivity contribution in [1.29, 1.82) is 0 Å². The molecule has 0 heterocycles. The zero-order valence-corrected chi connectivity index (χ0v) is 16.5. The topological polar surface area (TPSA) is 34.1 Å². The Bertz CT molecular complexity index is 339. The standard InChI is InChI=1S/C10H20O.C9H18O.2CH4/c1-8(11)10(5,6)7-9(2,3)4;1-8(2,3)7(10)9(4,5)6;;/h7H2,1-6H3;1-6H3;2*1H4. The average molecular weight is 331 g/mol. The molecule has 0 saturated carbocycles. The number of ketones is 2. The quantitative estimate of drug-likeness (QED) is 0.548. The van der Waals surface area contributed by atoms with Gasteiger partial charge in [-0.1, -0.05) is 91.0 Å². The molecule has 0 amide bonds. The summed E-state index contributed by atoms with van der Waals surface area (Å²) in [4.78, 5) is 22.6. The van der Waals surface area contributed by atoms with Crippen LogP contribution in [0.5, 0.6) is 0 Å². The molecular weight excluding hydrogens is 284 g/mol. The fourth-order valence-electron chi connectivity index (χ4n) is 2.58. The maximum absolute atomic E-state index is 11.5. The van der Waals surface area contributed by atoms with Gasteiger partial charge >= 0.3 is 0 Å². The third kappa shape index (κ3) is 14.7. The van der Waals surface area contributed by atoms with E-state index in [-0.39, 0.29) is 42.3 Å². The largest absolute Gasteiger partial charge is 0.299 e. The molecule has 0 unspecified atom stereocenters. The predicted molar refractivity (Wildman–Crippen MR) is 106 cm³/mol. The lowest BCUT2D eigenvalue weighted by Crippen LogP contribution is -2.32. The first-order valence-electron chi connectivity index (χ1n) is 7.87. The minimum Gasteiger partial charge on any atom is -0.299 e. The van der Waals surface area contributed by atoms with Crippen molar-refractivity contribution in [3.63, 3.8) is 0 Å². The van der Waals surface area contributed by atoms with Crippen molar-refractivity contribution < 1.29 is 9.59 Å². The van der Waals surface area contributed by atoms with Crippen LogP contribution < -0.4 is 0 Å². The van der Waals surface area contributed by atoms with E-state index in [1.54, 1.807) is 6.92 Å². The zero-order valence-electron chi connectivity index (χ0n) is 16.5. The molecule has 0 fully saturated rings. The van der Waals surface area contributed by atoms with Crippen LogP contribution in [0.3, 0.4) is 0 Å². The summed E-state index contributed by atoms with van der Waals surface area (Å²) >= 11 is 0. The first-order valence-corrected chi connectivity index (χ1v) is 7.87. The number of rotatable bonds is 2. The Balaban J connectivity index is -0.000000145. The molecule has 0 aromatic carbocycles. The van der Waals surface area contributed by atoms with Crippen molar-refractivity contribution >= 4 is 11.6 Å². The van der Waals surface area contributed by atoms with Gasteiger partial charge in [-0.2, -0.15) is 0 Å². The number of hydrogen-bond acceptors (Lipinski definition) is 2. The molecule has 142 valence electrons. The molecule has 0 N–H and O–H groups in total. The van der Waals surface area contributed by atoms with E-state index in [0.29, 0.717) is 5.78 Å². The average Bonchev–Trinajstić information content (AvgIpc) is 2.10. The van der Waals surface area contributed by atoms with Crippen LogP contribution in [0.15, 0.2) is 0 Å². The molecule has 0 spiro atoms. The third-order valence-corrected chi connectivity index (χ3v) is 3.29. The van der Waals surface area contributed by atoms with Crippen molar-refractivity contribution in [2.45, 2.75) is 104 Å². The fourth-order valence-corrected chi connectivity index (χ4v) is 2.58. The summed E-state index contributed by atoms with van der Waals surface area (Å²) in [7, 11) is 0. The van der Waals surface area contributed by atoms with Crippen molar-refractivity contribution in [2.24, 2.45) is 21.7 Å². The summed E-state index contributed by atoms with van der Waals surface area (Å²) < 4.78 is 0. The van der Waals surface area contributed by atoms with E-state index in [4.69, 9.17) is 0 Å². The van der Waals surface area contributed by atoms with Crippen molar-refractivity contribution in [3.8, 4) is 0 Å². The fraction of sp³-hybridized carbons (Fsp3) is 0.905. The lowest BCUT2D eigenvalue weighted by molar-refractivity contribution is -0.134. The maximum Gasteiger partial charge on any atom is 0.143 e. The van der Waals surface area contributed by atoms with Gasteiger partial charge in [-0.25, -0.2) is 0 Å². The highest BCUT2D eigenvalue weighted by Crippen LogP contribution is 2.33. The van der Waals surface area contributed by atoms with Crippen LogP contribution in [0, 0.1) is 21.7 Å². The Morgan fingerprint density at radius 2 is 0.913 bits per heavy atom. The van der Waals surface area contributed by atoms with E-state index < -0.39 is 0 Å². The molecule has 2 nitrogen and oxygen atoms in total. The Hall–Kier alpha value is -0.660. The van der Waals surface area contributed by atoms with Gasteiger partial charge in [0, 0.05) is 16.2 Å². The highest BCUT2D eigenvalue weighted by molar-refractivity contribution is 5.88. The molecule has 0 aliphatic heterocycles. The molecule has 23 heavy (non-hydrogen) atoms. The zero-order chi connectivity index (χ0) is 17.9. The minimum absolute atomic E-state index is 0. The summed E-state index contributed by atoms with van der Waals surface area (Å²) in [6.07, 6.45) is 0.954. The number of Topliss-reactive ketones (excluding diaryl/α,β-unsaturated/α-hetero) is 2. The van der Waals surface area contributed by atoms with Crippen molar-refractivity contribution in [2.75, 3.05) is 0 Å². The minimum atomic E-state index is -0.196. The van der Waals surface area contributed by atoms with Crippen LogP contribution in [-0.2, 0) is 9.59 Å². The molecule has 0 aliphatic rings. The summed E-state index contributed by atoms with van der Waals surface area (Å²) in [5.41, 5.74) is -0.302. The Morgan fingerprint density at radius 3 is 0.957 bits per heavy atom. The molecule has 0 radical (unpaired) electrons.